The van der Waals surface area contributed by atoms with E-state index in [9.17, 15) is 9.90 Å². The second-order valence-electron chi connectivity index (χ2n) is 1.65. The van der Waals surface area contributed by atoms with Crippen LogP contribution in [0.1, 0.15) is 10.4 Å². The Hall–Kier alpha value is -0.0638. The van der Waals surface area contributed by atoms with Crippen LogP contribution in [0, 0.1) is 0 Å². The van der Waals surface area contributed by atoms with Crippen molar-refractivity contribution in [3.63, 3.8) is 0 Å². The molecule has 0 aliphatic carbocycles. The van der Waals surface area contributed by atoms with Gasteiger partial charge in [0.25, 0.3) is 0 Å². The Bertz CT molecular complexity index is 213. The number of carbonyl (C=O) groups excluding carboxylic acids is 1. The molecule has 0 aromatic heterocycles. The number of rotatable bonds is 1. The Morgan fingerprint density at radius 3 is 1.91 bits per heavy atom. The summed E-state index contributed by atoms with van der Waals surface area (Å²) in [6, 6.07) is 8.06. The molecule has 0 N–H and O–H groups in total. The average Bonchev–Trinajstić information content (AvgIpc) is 1.90. The summed E-state index contributed by atoms with van der Waals surface area (Å²) in [5.41, 5.74) is 0.220. The van der Waals surface area contributed by atoms with Crippen molar-refractivity contribution in [3.05, 3.63) is 35.9 Å². The summed E-state index contributed by atoms with van der Waals surface area (Å²) < 4.78 is 0. The van der Waals surface area contributed by atoms with Gasteiger partial charge in [-0.1, -0.05) is 30.3 Å². The van der Waals surface area contributed by atoms with Gasteiger partial charge in [0.2, 0.25) is 0 Å². The van der Waals surface area contributed by atoms with Crippen molar-refractivity contribution in [2.75, 3.05) is 0 Å². The van der Waals surface area contributed by atoms with Crippen LogP contribution in [0.15, 0.2) is 30.3 Å². The van der Waals surface area contributed by atoms with Gasteiger partial charge in [0.1, 0.15) is 0 Å². The van der Waals surface area contributed by atoms with E-state index in [2.05, 4.69) is 0 Å². The van der Waals surface area contributed by atoms with Gasteiger partial charge in [-0.05, 0) is 5.56 Å². The number of carboxylic acids is 1. The topological polar surface area (TPSA) is 40.1 Å². The molecular formula is C7H5BrMgO2. The second kappa shape index (κ2) is 6.63. The van der Waals surface area contributed by atoms with E-state index in [1.165, 1.54) is 12.1 Å². The average molecular weight is 225 g/mol. The first kappa shape index (κ1) is 13.5. The summed E-state index contributed by atoms with van der Waals surface area (Å²) in [6.07, 6.45) is 0. The summed E-state index contributed by atoms with van der Waals surface area (Å²) in [6.45, 7) is 0. The monoisotopic (exact) mass is 224 g/mol. The van der Waals surface area contributed by atoms with E-state index in [1.807, 2.05) is 0 Å². The van der Waals surface area contributed by atoms with E-state index in [4.69, 9.17) is 0 Å². The van der Waals surface area contributed by atoms with Crippen molar-refractivity contribution < 1.29 is 26.9 Å². The molecule has 0 heterocycles. The minimum atomic E-state index is -1.13. The molecule has 0 aliphatic rings. The predicted octanol–water partition coefficient (Wildman–Crippen LogP) is -3.33. The summed E-state index contributed by atoms with van der Waals surface area (Å²) >= 11 is 0. The van der Waals surface area contributed by atoms with Gasteiger partial charge in [-0.25, -0.2) is 0 Å². The maximum absolute atomic E-state index is 10.1. The van der Waals surface area contributed by atoms with Crippen LogP contribution in [-0.2, 0) is 0 Å². The second-order valence-corrected chi connectivity index (χ2v) is 1.65. The largest absolute Gasteiger partial charge is 2.00 e. The molecule has 0 bridgehead atoms. The zero-order chi connectivity index (χ0) is 6.69. The molecule has 1 rings (SSSR count). The maximum Gasteiger partial charge on any atom is 2.00 e. The van der Waals surface area contributed by atoms with Crippen molar-refractivity contribution in [2.45, 2.75) is 0 Å². The fraction of sp³-hybridized carbons (Fsp3) is 0. The molecule has 0 amide bonds. The Kier molecular flexibility index (Phi) is 8.15. The molecule has 1 aromatic rings. The van der Waals surface area contributed by atoms with Gasteiger partial charge < -0.3 is 26.9 Å². The first-order valence-electron chi connectivity index (χ1n) is 2.57. The van der Waals surface area contributed by atoms with Gasteiger partial charge in [0.15, 0.2) is 0 Å². The predicted molar refractivity (Wildman–Crippen MR) is 36.5 cm³/mol. The van der Waals surface area contributed by atoms with Crippen LogP contribution in [0.2, 0.25) is 0 Å². The molecule has 11 heavy (non-hydrogen) atoms. The molecule has 4 heteroatoms. The first-order valence-corrected chi connectivity index (χ1v) is 2.57. The van der Waals surface area contributed by atoms with Crippen LogP contribution >= 0.6 is 0 Å². The van der Waals surface area contributed by atoms with Gasteiger partial charge >= 0.3 is 23.1 Å². The van der Waals surface area contributed by atoms with Crippen LogP contribution in [0.3, 0.4) is 0 Å². The number of aromatic carboxylic acids is 1. The van der Waals surface area contributed by atoms with Gasteiger partial charge in [-0.15, -0.1) is 0 Å². The van der Waals surface area contributed by atoms with Crippen LogP contribution in [0.5, 0.6) is 0 Å². The van der Waals surface area contributed by atoms with Crippen molar-refractivity contribution in [3.8, 4) is 0 Å². The van der Waals surface area contributed by atoms with Gasteiger partial charge in [0, 0.05) is 0 Å². The third-order valence-corrected chi connectivity index (χ3v) is 1.01. The van der Waals surface area contributed by atoms with Crippen molar-refractivity contribution >= 4 is 29.0 Å². The fourth-order valence-electron chi connectivity index (χ4n) is 0.574. The van der Waals surface area contributed by atoms with Gasteiger partial charge in [-0.3, -0.25) is 0 Å². The molecular weight excluding hydrogens is 220 g/mol. The fourth-order valence-corrected chi connectivity index (χ4v) is 0.574. The summed E-state index contributed by atoms with van der Waals surface area (Å²) in [5.74, 6) is -1.13. The SMILES string of the molecule is O=C([O-])c1ccccc1.[Br-].[Mg+2]. The molecule has 0 unspecified atom stereocenters. The third kappa shape index (κ3) is 4.39. The Morgan fingerprint density at radius 2 is 1.64 bits per heavy atom. The van der Waals surface area contributed by atoms with E-state index in [0.29, 0.717) is 0 Å². The number of carbonyl (C=O) groups is 1. The van der Waals surface area contributed by atoms with Crippen molar-refractivity contribution in [2.24, 2.45) is 0 Å². The molecule has 0 spiro atoms. The van der Waals surface area contributed by atoms with Gasteiger partial charge in [0.05, 0.1) is 5.97 Å². The van der Waals surface area contributed by atoms with Crippen LogP contribution in [0.4, 0.5) is 0 Å². The molecule has 0 fully saturated rings. The molecule has 0 saturated carbocycles. The molecule has 54 valence electrons. The Labute approximate surface area is 91.5 Å². The smallest absolute Gasteiger partial charge is 1.00 e. The minimum Gasteiger partial charge on any atom is -1.00 e. The first-order chi connectivity index (χ1) is 4.30. The van der Waals surface area contributed by atoms with Crippen molar-refractivity contribution in [1.29, 1.82) is 0 Å². The number of hydrogen-bond acceptors (Lipinski definition) is 2. The van der Waals surface area contributed by atoms with Crippen molar-refractivity contribution in [1.82, 2.24) is 0 Å². The molecule has 0 atom stereocenters. The third-order valence-electron chi connectivity index (χ3n) is 1.01. The van der Waals surface area contributed by atoms with Gasteiger partial charge in [-0.2, -0.15) is 0 Å². The normalized spacial score (nSPS) is 7.27. The van der Waals surface area contributed by atoms with Crippen LogP contribution < -0.4 is 22.1 Å². The zero-order valence-electron chi connectivity index (χ0n) is 5.79. The minimum absolute atomic E-state index is 0. The standard InChI is InChI=1S/C7H6O2.BrH.Mg/c8-7(9)6-4-2-1-3-5-6;;/h1-5H,(H,8,9);1H;/q;;+2/p-2. The van der Waals surface area contributed by atoms with Crippen LogP contribution in [-0.4, -0.2) is 29.0 Å². The Morgan fingerprint density at radius 1 is 1.18 bits per heavy atom. The molecule has 1 aromatic carbocycles. The molecule has 2 nitrogen and oxygen atoms in total. The number of hydrogen-bond donors (Lipinski definition) is 0. The van der Waals surface area contributed by atoms with E-state index in [-0.39, 0.29) is 45.6 Å². The van der Waals surface area contributed by atoms with E-state index in [1.54, 1.807) is 18.2 Å². The molecule has 0 saturated heterocycles. The van der Waals surface area contributed by atoms with E-state index < -0.39 is 5.97 Å². The number of halogens is 1. The Balaban J connectivity index is 0. The summed E-state index contributed by atoms with van der Waals surface area (Å²) in [5, 5.41) is 10.1. The van der Waals surface area contributed by atoms with Crippen LogP contribution in [0.25, 0.3) is 0 Å². The number of benzene rings is 1. The summed E-state index contributed by atoms with van der Waals surface area (Å²) in [4.78, 5) is 10.1. The zero-order valence-corrected chi connectivity index (χ0v) is 8.79. The maximum atomic E-state index is 10.1. The summed E-state index contributed by atoms with van der Waals surface area (Å²) in [7, 11) is 0. The quantitative estimate of drug-likeness (QED) is 0.469. The molecule has 0 aliphatic heterocycles. The number of carboxylic acid groups (broad SMARTS) is 1. The molecule has 0 radical (unpaired) electrons. The van der Waals surface area contributed by atoms with E-state index in [0.717, 1.165) is 0 Å². The van der Waals surface area contributed by atoms with E-state index >= 15 is 0 Å².